The van der Waals surface area contributed by atoms with Crippen molar-refractivity contribution >= 4 is 5.97 Å². The van der Waals surface area contributed by atoms with Gasteiger partial charge in [-0.2, -0.15) is 0 Å². The minimum atomic E-state index is -0.909. The first kappa shape index (κ1) is 15.1. The van der Waals surface area contributed by atoms with E-state index < -0.39 is 5.97 Å². The van der Waals surface area contributed by atoms with Crippen LogP contribution < -0.4 is 0 Å². The number of carbonyl (C=O) groups is 1. The van der Waals surface area contributed by atoms with Gasteiger partial charge in [-0.05, 0) is 31.7 Å². The Balaban J connectivity index is 2.10. The molecule has 20 heavy (non-hydrogen) atoms. The van der Waals surface area contributed by atoms with E-state index in [0.29, 0.717) is 17.7 Å². The van der Waals surface area contributed by atoms with Gasteiger partial charge in [0, 0.05) is 12.6 Å². The number of hydrogen-bond acceptors (Lipinski definition) is 3. The number of aryl methyl sites for hydroxylation is 1. The lowest BCUT2D eigenvalue weighted by Gasteiger charge is -2.29. The molecule has 1 aliphatic rings. The van der Waals surface area contributed by atoms with Crippen LogP contribution in [0.2, 0.25) is 0 Å². The Labute approximate surface area is 120 Å². The lowest BCUT2D eigenvalue weighted by Crippen LogP contribution is -2.35. The zero-order chi connectivity index (χ0) is 14.7. The molecule has 0 aliphatic heterocycles. The summed E-state index contributed by atoms with van der Waals surface area (Å²) in [5.74, 6) is 0.968. The minimum Gasteiger partial charge on any atom is -0.478 e. The molecular formula is C16H25NO3. The van der Waals surface area contributed by atoms with Crippen LogP contribution in [-0.2, 0) is 6.54 Å². The number of carboxylic acids is 1. The molecule has 0 amide bonds. The summed E-state index contributed by atoms with van der Waals surface area (Å²) in [6.45, 7) is 7.91. The van der Waals surface area contributed by atoms with Crippen LogP contribution in [0.25, 0.3) is 0 Å². The molecule has 0 saturated heterocycles. The SMILES string of the molecule is Cc1oc(CN(CC(C)C)C2CCCC2)cc1C(=O)O. The average molecular weight is 279 g/mol. The van der Waals surface area contributed by atoms with E-state index in [0.717, 1.165) is 18.8 Å². The van der Waals surface area contributed by atoms with E-state index in [1.165, 1.54) is 25.7 Å². The monoisotopic (exact) mass is 279 g/mol. The van der Waals surface area contributed by atoms with Gasteiger partial charge >= 0.3 is 5.97 Å². The van der Waals surface area contributed by atoms with Crippen molar-refractivity contribution in [2.45, 2.75) is 59.0 Å². The summed E-state index contributed by atoms with van der Waals surface area (Å²) in [6.07, 6.45) is 5.10. The van der Waals surface area contributed by atoms with Crippen LogP contribution in [0.15, 0.2) is 10.5 Å². The highest BCUT2D eigenvalue weighted by Gasteiger charge is 2.25. The maximum atomic E-state index is 11.1. The molecule has 1 aromatic heterocycles. The zero-order valence-corrected chi connectivity index (χ0v) is 12.7. The third kappa shape index (κ3) is 3.63. The highest BCUT2D eigenvalue weighted by atomic mass is 16.4. The van der Waals surface area contributed by atoms with Crippen molar-refractivity contribution in [1.29, 1.82) is 0 Å². The Morgan fingerprint density at radius 3 is 2.60 bits per heavy atom. The van der Waals surface area contributed by atoms with E-state index in [1.54, 1.807) is 13.0 Å². The second kappa shape index (κ2) is 6.44. The van der Waals surface area contributed by atoms with Gasteiger partial charge in [-0.15, -0.1) is 0 Å². The molecule has 112 valence electrons. The van der Waals surface area contributed by atoms with Crippen molar-refractivity contribution in [3.8, 4) is 0 Å². The lowest BCUT2D eigenvalue weighted by molar-refractivity contribution is 0.0695. The van der Waals surface area contributed by atoms with Crippen LogP contribution in [-0.4, -0.2) is 28.6 Å². The molecule has 1 aliphatic carbocycles. The van der Waals surface area contributed by atoms with E-state index in [-0.39, 0.29) is 5.56 Å². The number of nitrogens with zero attached hydrogens (tertiary/aromatic N) is 1. The molecule has 0 atom stereocenters. The summed E-state index contributed by atoms with van der Waals surface area (Å²) in [5.41, 5.74) is 0.288. The van der Waals surface area contributed by atoms with Gasteiger partial charge in [0.05, 0.1) is 6.54 Å². The quantitative estimate of drug-likeness (QED) is 0.863. The summed E-state index contributed by atoms with van der Waals surface area (Å²) < 4.78 is 5.63. The van der Waals surface area contributed by atoms with Crippen molar-refractivity contribution < 1.29 is 14.3 Å². The normalized spacial score (nSPS) is 16.4. The van der Waals surface area contributed by atoms with E-state index >= 15 is 0 Å². The maximum Gasteiger partial charge on any atom is 0.339 e. The largest absolute Gasteiger partial charge is 0.478 e. The number of aromatic carboxylic acids is 1. The van der Waals surface area contributed by atoms with E-state index in [2.05, 4.69) is 18.7 Å². The fourth-order valence-electron chi connectivity index (χ4n) is 3.12. The van der Waals surface area contributed by atoms with E-state index in [1.807, 2.05) is 0 Å². The second-order valence-corrected chi connectivity index (χ2v) is 6.25. The van der Waals surface area contributed by atoms with Crippen LogP contribution in [0.4, 0.5) is 0 Å². The highest BCUT2D eigenvalue weighted by Crippen LogP contribution is 2.26. The van der Waals surface area contributed by atoms with Crippen LogP contribution >= 0.6 is 0 Å². The zero-order valence-electron chi connectivity index (χ0n) is 12.7. The van der Waals surface area contributed by atoms with Crippen LogP contribution in [0, 0.1) is 12.8 Å². The lowest BCUT2D eigenvalue weighted by atomic mass is 10.1. The smallest absolute Gasteiger partial charge is 0.339 e. The van der Waals surface area contributed by atoms with Crippen molar-refractivity contribution in [3.63, 3.8) is 0 Å². The number of carboxylic acid groups (broad SMARTS) is 1. The molecule has 1 fully saturated rings. The summed E-state index contributed by atoms with van der Waals surface area (Å²) in [4.78, 5) is 13.5. The van der Waals surface area contributed by atoms with Crippen molar-refractivity contribution in [3.05, 3.63) is 23.2 Å². The van der Waals surface area contributed by atoms with Gasteiger partial charge < -0.3 is 9.52 Å². The predicted molar refractivity (Wildman–Crippen MR) is 77.9 cm³/mol. The van der Waals surface area contributed by atoms with E-state index in [4.69, 9.17) is 9.52 Å². The molecule has 0 radical (unpaired) electrons. The highest BCUT2D eigenvalue weighted by molar-refractivity contribution is 5.88. The van der Waals surface area contributed by atoms with E-state index in [9.17, 15) is 4.79 Å². The van der Waals surface area contributed by atoms with Gasteiger partial charge in [0.1, 0.15) is 17.1 Å². The fourth-order valence-corrected chi connectivity index (χ4v) is 3.12. The molecular weight excluding hydrogens is 254 g/mol. The van der Waals surface area contributed by atoms with Gasteiger partial charge in [0.15, 0.2) is 0 Å². The summed E-state index contributed by atoms with van der Waals surface area (Å²) in [6, 6.07) is 2.30. The molecule has 1 N–H and O–H groups in total. The Hall–Kier alpha value is -1.29. The molecule has 4 nitrogen and oxygen atoms in total. The molecule has 1 aromatic rings. The summed E-state index contributed by atoms with van der Waals surface area (Å²) in [5, 5.41) is 9.10. The Morgan fingerprint density at radius 2 is 2.10 bits per heavy atom. The Kier molecular flexibility index (Phi) is 4.86. The number of rotatable bonds is 6. The average Bonchev–Trinajstić information content (AvgIpc) is 2.96. The fraction of sp³-hybridized carbons (Fsp3) is 0.688. The molecule has 4 heteroatoms. The van der Waals surface area contributed by atoms with Crippen molar-refractivity contribution in [2.75, 3.05) is 6.54 Å². The predicted octanol–water partition coefficient (Wildman–Crippen LogP) is 3.69. The number of furan rings is 1. The first-order valence-electron chi connectivity index (χ1n) is 7.54. The number of hydrogen-bond donors (Lipinski definition) is 1. The molecule has 1 saturated carbocycles. The van der Waals surface area contributed by atoms with Crippen LogP contribution in [0.3, 0.4) is 0 Å². The first-order chi connectivity index (χ1) is 9.47. The molecule has 2 rings (SSSR count). The summed E-state index contributed by atoms with van der Waals surface area (Å²) in [7, 11) is 0. The summed E-state index contributed by atoms with van der Waals surface area (Å²) >= 11 is 0. The van der Waals surface area contributed by atoms with Crippen LogP contribution in [0.5, 0.6) is 0 Å². The van der Waals surface area contributed by atoms with Crippen molar-refractivity contribution in [2.24, 2.45) is 5.92 Å². The van der Waals surface area contributed by atoms with Gasteiger partial charge in [-0.25, -0.2) is 4.79 Å². The minimum absolute atomic E-state index is 0.288. The molecule has 0 unspecified atom stereocenters. The second-order valence-electron chi connectivity index (χ2n) is 6.25. The Morgan fingerprint density at radius 1 is 1.45 bits per heavy atom. The van der Waals surface area contributed by atoms with Crippen molar-refractivity contribution in [1.82, 2.24) is 4.90 Å². The third-order valence-electron chi connectivity index (χ3n) is 4.00. The van der Waals surface area contributed by atoms with Gasteiger partial charge in [-0.3, -0.25) is 4.90 Å². The van der Waals surface area contributed by atoms with Crippen LogP contribution in [0.1, 0.15) is 61.4 Å². The molecule has 0 spiro atoms. The standard InChI is InChI=1S/C16H25NO3/c1-11(2)9-17(13-6-4-5-7-13)10-14-8-15(16(18)19)12(3)20-14/h8,11,13H,4-7,9-10H2,1-3H3,(H,18,19). The Bertz CT molecular complexity index is 458. The topological polar surface area (TPSA) is 53.7 Å². The maximum absolute atomic E-state index is 11.1. The third-order valence-corrected chi connectivity index (χ3v) is 4.00. The molecule has 0 bridgehead atoms. The first-order valence-corrected chi connectivity index (χ1v) is 7.54. The van der Waals surface area contributed by atoms with Gasteiger partial charge in [0.25, 0.3) is 0 Å². The van der Waals surface area contributed by atoms with Gasteiger partial charge in [-0.1, -0.05) is 26.7 Å². The molecule has 1 heterocycles. The van der Waals surface area contributed by atoms with Gasteiger partial charge in [0.2, 0.25) is 0 Å². The molecule has 0 aromatic carbocycles.